The quantitative estimate of drug-likeness (QED) is 0.745. The SMILES string of the molecule is CCCC(N)CC(=O)Nc1cccc(NC(=O)OC)c1. The molecule has 0 aliphatic heterocycles. The summed E-state index contributed by atoms with van der Waals surface area (Å²) in [5.74, 6) is -0.138. The lowest BCUT2D eigenvalue weighted by Crippen LogP contribution is -2.26. The first kappa shape index (κ1) is 16.0. The summed E-state index contributed by atoms with van der Waals surface area (Å²) < 4.78 is 4.50. The fourth-order valence-electron chi connectivity index (χ4n) is 1.77. The normalized spacial score (nSPS) is 11.6. The van der Waals surface area contributed by atoms with Gasteiger partial charge in [0.2, 0.25) is 5.91 Å². The second-order valence-electron chi connectivity index (χ2n) is 4.50. The van der Waals surface area contributed by atoms with Gasteiger partial charge >= 0.3 is 6.09 Å². The summed E-state index contributed by atoms with van der Waals surface area (Å²) in [5.41, 5.74) is 6.97. The van der Waals surface area contributed by atoms with Crippen molar-refractivity contribution in [2.24, 2.45) is 5.73 Å². The Morgan fingerprint density at radius 2 is 1.95 bits per heavy atom. The van der Waals surface area contributed by atoms with Crippen molar-refractivity contribution >= 4 is 23.4 Å². The van der Waals surface area contributed by atoms with Crippen LogP contribution in [0.25, 0.3) is 0 Å². The minimum Gasteiger partial charge on any atom is -0.453 e. The van der Waals surface area contributed by atoms with E-state index in [0.717, 1.165) is 12.8 Å². The second-order valence-corrected chi connectivity index (χ2v) is 4.50. The summed E-state index contributed by atoms with van der Waals surface area (Å²) in [6, 6.07) is 6.70. The number of hydrogen-bond acceptors (Lipinski definition) is 4. The molecule has 20 heavy (non-hydrogen) atoms. The Labute approximate surface area is 118 Å². The second kappa shape index (κ2) is 8.16. The largest absolute Gasteiger partial charge is 0.453 e. The lowest BCUT2D eigenvalue weighted by atomic mass is 10.1. The monoisotopic (exact) mass is 279 g/mol. The van der Waals surface area contributed by atoms with Gasteiger partial charge in [0.05, 0.1) is 7.11 Å². The molecule has 1 aromatic carbocycles. The third-order valence-electron chi connectivity index (χ3n) is 2.69. The van der Waals surface area contributed by atoms with Gasteiger partial charge in [-0.2, -0.15) is 0 Å². The molecule has 4 N–H and O–H groups in total. The van der Waals surface area contributed by atoms with Crippen LogP contribution in [0.1, 0.15) is 26.2 Å². The lowest BCUT2D eigenvalue weighted by molar-refractivity contribution is -0.116. The van der Waals surface area contributed by atoms with E-state index in [2.05, 4.69) is 15.4 Å². The highest BCUT2D eigenvalue weighted by atomic mass is 16.5. The van der Waals surface area contributed by atoms with E-state index in [4.69, 9.17) is 5.73 Å². The highest BCUT2D eigenvalue weighted by Crippen LogP contribution is 2.15. The van der Waals surface area contributed by atoms with Crippen molar-refractivity contribution in [3.05, 3.63) is 24.3 Å². The van der Waals surface area contributed by atoms with Crippen molar-refractivity contribution in [3.63, 3.8) is 0 Å². The Kier molecular flexibility index (Phi) is 6.52. The fraction of sp³-hybridized carbons (Fsp3) is 0.429. The van der Waals surface area contributed by atoms with Crippen LogP contribution in [0.5, 0.6) is 0 Å². The van der Waals surface area contributed by atoms with E-state index in [1.54, 1.807) is 24.3 Å². The number of rotatable bonds is 6. The molecule has 0 spiro atoms. The van der Waals surface area contributed by atoms with E-state index >= 15 is 0 Å². The zero-order valence-corrected chi connectivity index (χ0v) is 11.8. The van der Waals surface area contributed by atoms with Gasteiger partial charge in [-0.1, -0.05) is 19.4 Å². The van der Waals surface area contributed by atoms with Gasteiger partial charge in [-0.3, -0.25) is 10.1 Å². The molecule has 0 saturated heterocycles. The molecule has 1 rings (SSSR count). The molecule has 0 aliphatic rings. The average Bonchev–Trinajstić information content (AvgIpc) is 2.38. The minimum atomic E-state index is -0.557. The van der Waals surface area contributed by atoms with E-state index in [9.17, 15) is 9.59 Å². The van der Waals surface area contributed by atoms with E-state index in [-0.39, 0.29) is 18.4 Å². The van der Waals surface area contributed by atoms with Gasteiger partial charge in [-0.25, -0.2) is 4.79 Å². The highest BCUT2D eigenvalue weighted by molar-refractivity contribution is 5.92. The number of hydrogen-bond donors (Lipinski definition) is 3. The van der Waals surface area contributed by atoms with Crippen molar-refractivity contribution in [2.75, 3.05) is 17.7 Å². The molecule has 6 nitrogen and oxygen atoms in total. The molecule has 110 valence electrons. The smallest absolute Gasteiger partial charge is 0.411 e. The molecule has 1 aromatic rings. The van der Waals surface area contributed by atoms with E-state index in [1.807, 2.05) is 6.92 Å². The van der Waals surface area contributed by atoms with Gasteiger partial charge in [0, 0.05) is 23.8 Å². The first-order chi connectivity index (χ1) is 9.55. The lowest BCUT2D eigenvalue weighted by Gasteiger charge is -2.11. The van der Waals surface area contributed by atoms with Crippen LogP contribution in [-0.4, -0.2) is 25.2 Å². The summed E-state index contributed by atoms with van der Waals surface area (Å²) >= 11 is 0. The average molecular weight is 279 g/mol. The van der Waals surface area contributed by atoms with Gasteiger partial charge in [0.15, 0.2) is 0 Å². The number of nitrogens with one attached hydrogen (secondary N) is 2. The molecule has 0 bridgehead atoms. The Balaban J connectivity index is 2.57. The Bertz CT molecular complexity index is 463. The van der Waals surface area contributed by atoms with Crippen molar-refractivity contribution in [2.45, 2.75) is 32.2 Å². The van der Waals surface area contributed by atoms with Crippen LogP contribution in [0.3, 0.4) is 0 Å². The van der Waals surface area contributed by atoms with Crippen LogP contribution in [0.2, 0.25) is 0 Å². The summed E-state index contributed by atoms with van der Waals surface area (Å²) in [6.45, 7) is 2.03. The van der Waals surface area contributed by atoms with Crippen LogP contribution in [0.4, 0.5) is 16.2 Å². The number of ether oxygens (including phenoxy) is 1. The van der Waals surface area contributed by atoms with Crippen molar-refractivity contribution in [1.82, 2.24) is 0 Å². The zero-order valence-electron chi connectivity index (χ0n) is 11.8. The molecule has 1 atom stereocenters. The number of carbonyl (C=O) groups excluding carboxylic acids is 2. The number of methoxy groups -OCH3 is 1. The van der Waals surface area contributed by atoms with Gasteiger partial charge < -0.3 is 15.8 Å². The first-order valence-electron chi connectivity index (χ1n) is 6.55. The molecule has 0 radical (unpaired) electrons. The third kappa shape index (κ3) is 5.71. The Morgan fingerprint density at radius 3 is 2.55 bits per heavy atom. The highest BCUT2D eigenvalue weighted by Gasteiger charge is 2.09. The molecule has 1 unspecified atom stereocenters. The van der Waals surface area contributed by atoms with Crippen LogP contribution < -0.4 is 16.4 Å². The van der Waals surface area contributed by atoms with Crippen LogP contribution in [0, 0.1) is 0 Å². The molecular weight excluding hydrogens is 258 g/mol. The maximum atomic E-state index is 11.8. The van der Waals surface area contributed by atoms with Gasteiger partial charge in [-0.15, -0.1) is 0 Å². The van der Waals surface area contributed by atoms with Crippen molar-refractivity contribution in [3.8, 4) is 0 Å². The van der Waals surface area contributed by atoms with Crippen LogP contribution >= 0.6 is 0 Å². The Morgan fingerprint density at radius 1 is 1.30 bits per heavy atom. The standard InChI is InChI=1S/C14H21N3O3/c1-3-5-10(15)8-13(18)16-11-6-4-7-12(9-11)17-14(19)20-2/h4,6-7,9-10H,3,5,8,15H2,1-2H3,(H,16,18)(H,17,19). The molecule has 0 heterocycles. The number of anilines is 2. The third-order valence-corrected chi connectivity index (χ3v) is 2.69. The Hall–Kier alpha value is -2.08. The van der Waals surface area contributed by atoms with Crippen LogP contribution in [-0.2, 0) is 9.53 Å². The van der Waals surface area contributed by atoms with Gasteiger partial charge in [-0.05, 0) is 24.6 Å². The van der Waals surface area contributed by atoms with Crippen LogP contribution in [0.15, 0.2) is 24.3 Å². The molecule has 0 aromatic heterocycles. The summed E-state index contributed by atoms with van der Waals surface area (Å²) in [5, 5.41) is 5.28. The molecular formula is C14H21N3O3. The molecule has 2 amide bonds. The van der Waals surface area contributed by atoms with Crippen molar-refractivity contribution < 1.29 is 14.3 Å². The molecule has 0 fully saturated rings. The topological polar surface area (TPSA) is 93.5 Å². The van der Waals surface area contributed by atoms with E-state index in [0.29, 0.717) is 11.4 Å². The number of carbonyl (C=O) groups is 2. The predicted molar refractivity (Wildman–Crippen MR) is 78.6 cm³/mol. The summed E-state index contributed by atoms with van der Waals surface area (Å²) in [4.78, 5) is 22.9. The first-order valence-corrected chi connectivity index (χ1v) is 6.55. The predicted octanol–water partition coefficient (Wildman–Crippen LogP) is 2.32. The molecule has 0 aliphatic carbocycles. The van der Waals surface area contributed by atoms with Crippen molar-refractivity contribution in [1.29, 1.82) is 0 Å². The number of nitrogens with two attached hydrogens (primary N) is 1. The minimum absolute atomic E-state index is 0.128. The maximum absolute atomic E-state index is 11.8. The maximum Gasteiger partial charge on any atom is 0.411 e. The summed E-state index contributed by atoms with van der Waals surface area (Å²) in [6.07, 6.45) is 1.49. The number of benzene rings is 1. The molecule has 6 heteroatoms. The summed E-state index contributed by atoms with van der Waals surface area (Å²) in [7, 11) is 1.29. The fourth-order valence-corrected chi connectivity index (χ4v) is 1.77. The van der Waals surface area contributed by atoms with Gasteiger partial charge in [0.25, 0.3) is 0 Å². The molecule has 0 saturated carbocycles. The van der Waals surface area contributed by atoms with E-state index in [1.165, 1.54) is 7.11 Å². The van der Waals surface area contributed by atoms with Gasteiger partial charge in [0.1, 0.15) is 0 Å². The van der Waals surface area contributed by atoms with E-state index < -0.39 is 6.09 Å². The zero-order chi connectivity index (χ0) is 15.0. The number of amides is 2.